The Bertz CT molecular complexity index is 119. The Labute approximate surface area is 70.1 Å². The molecule has 0 amide bonds. The Morgan fingerprint density at radius 3 is 2.00 bits per heavy atom. The highest BCUT2D eigenvalue weighted by Crippen LogP contribution is 2.37. The molecule has 1 unspecified atom stereocenters. The van der Waals surface area contributed by atoms with Crippen molar-refractivity contribution in [3.05, 3.63) is 0 Å². The summed E-state index contributed by atoms with van der Waals surface area (Å²) in [6.45, 7) is 11.3. The van der Waals surface area contributed by atoms with Crippen molar-refractivity contribution < 1.29 is 4.74 Å². The van der Waals surface area contributed by atoms with E-state index in [0.717, 1.165) is 25.0 Å². The van der Waals surface area contributed by atoms with Gasteiger partial charge in [0.1, 0.15) is 0 Å². The molecule has 0 aliphatic carbocycles. The lowest BCUT2D eigenvalue weighted by Gasteiger charge is -2.41. The fraction of sp³-hybridized carbons (Fsp3) is 1.00. The van der Waals surface area contributed by atoms with Gasteiger partial charge in [0.05, 0.1) is 13.2 Å². The highest BCUT2D eigenvalue weighted by Gasteiger charge is 2.34. The van der Waals surface area contributed by atoms with Crippen molar-refractivity contribution in [3.8, 4) is 0 Å². The lowest BCUT2D eigenvalue weighted by Crippen LogP contribution is -2.40. The maximum absolute atomic E-state index is 5.21. The highest BCUT2D eigenvalue weighted by molar-refractivity contribution is 4.82. The quantitative estimate of drug-likeness (QED) is 0.597. The van der Waals surface area contributed by atoms with E-state index in [1.807, 2.05) is 0 Å². The predicted octanol–water partition coefficient (Wildman–Crippen LogP) is 2.71. The Morgan fingerprint density at radius 1 is 1.36 bits per heavy atom. The third-order valence-electron chi connectivity index (χ3n) is 2.79. The standard InChI is InChI=1S/C10H20O/c1-5-9(10(2,3)4)8-6-11-7-8/h8-9H,5-7H2,1-4H3. The molecule has 66 valence electrons. The number of rotatable bonds is 2. The summed E-state index contributed by atoms with van der Waals surface area (Å²) in [6.07, 6.45) is 1.29. The molecule has 1 heterocycles. The van der Waals surface area contributed by atoms with Crippen LogP contribution >= 0.6 is 0 Å². The zero-order valence-corrected chi connectivity index (χ0v) is 8.18. The molecule has 1 nitrogen and oxygen atoms in total. The van der Waals surface area contributed by atoms with Gasteiger partial charge in [-0.05, 0) is 11.3 Å². The first kappa shape index (κ1) is 9.05. The molecule has 0 spiro atoms. The summed E-state index contributed by atoms with van der Waals surface area (Å²) < 4.78 is 5.21. The third-order valence-corrected chi connectivity index (χ3v) is 2.79. The van der Waals surface area contributed by atoms with Crippen LogP contribution in [0.25, 0.3) is 0 Å². The average molecular weight is 156 g/mol. The monoisotopic (exact) mass is 156 g/mol. The van der Waals surface area contributed by atoms with E-state index in [4.69, 9.17) is 4.74 Å². The van der Waals surface area contributed by atoms with Crippen molar-refractivity contribution in [3.63, 3.8) is 0 Å². The molecule has 1 atom stereocenters. The minimum atomic E-state index is 0.462. The number of ether oxygens (including phenoxy) is 1. The van der Waals surface area contributed by atoms with Gasteiger partial charge in [-0.25, -0.2) is 0 Å². The van der Waals surface area contributed by atoms with Crippen molar-refractivity contribution in [2.75, 3.05) is 13.2 Å². The molecule has 11 heavy (non-hydrogen) atoms. The van der Waals surface area contributed by atoms with Crippen LogP contribution in [0.4, 0.5) is 0 Å². The van der Waals surface area contributed by atoms with Gasteiger partial charge in [0.25, 0.3) is 0 Å². The second-order valence-corrected chi connectivity index (χ2v) is 4.68. The van der Waals surface area contributed by atoms with E-state index in [0.29, 0.717) is 5.41 Å². The maximum atomic E-state index is 5.21. The van der Waals surface area contributed by atoms with Gasteiger partial charge in [0.2, 0.25) is 0 Å². The molecular weight excluding hydrogens is 136 g/mol. The third kappa shape index (κ3) is 1.96. The summed E-state index contributed by atoms with van der Waals surface area (Å²) in [4.78, 5) is 0. The van der Waals surface area contributed by atoms with E-state index in [-0.39, 0.29) is 0 Å². The van der Waals surface area contributed by atoms with Crippen LogP contribution in [0.5, 0.6) is 0 Å². The fourth-order valence-electron chi connectivity index (χ4n) is 2.14. The molecule has 0 radical (unpaired) electrons. The summed E-state index contributed by atoms with van der Waals surface area (Å²) in [5, 5.41) is 0. The molecule has 0 bridgehead atoms. The van der Waals surface area contributed by atoms with Crippen molar-refractivity contribution >= 4 is 0 Å². The molecule has 1 aliphatic heterocycles. The van der Waals surface area contributed by atoms with E-state index >= 15 is 0 Å². The SMILES string of the molecule is CCC(C1COC1)C(C)(C)C. The van der Waals surface area contributed by atoms with Gasteiger partial charge < -0.3 is 4.74 Å². The van der Waals surface area contributed by atoms with E-state index < -0.39 is 0 Å². The van der Waals surface area contributed by atoms with Crippen LogP contribution in [0, 0.1) is 17.3 Å². The van der Waals surface area contributed by atoms with Crippen LogP contribution in [0.15, 0.2) is 0 Å². The molecule has 1 rings (SSSR count). The smallest absolute Gasteiger partial charge is 0.0519 e. The summed E-state index contributed by atoms with van der Waals surface area (Å²) in [5.41, 5.74) is 0.462. The highest BCUT2D eigenvalue weighted by atomic mass is 16.5. The van der Waals surface area contributed by atoms with Gasteiger partial charge in [-0.2, -0.15) is 0 Å². The van der Waals surface area contributed by atoms with Crippen molar-refractivity contribution in [2.45, 2.75) is 34.1 Å². The lowest BCUT2D eigenvalue weighted by molar-refractivity contribution is -0.0851. The number of hydrogen-bond acceptors (Lipinski definition) is 1. The lowest BCUT2D eigenvalue weighted by atomic mass is 9.71. The molecule has 1 aliphatic rings. The topological polar surface area (TPSA) is 9.23 Å². The zero-order valence-electron chi connectivity index (χ0n) is 8.18. The van der Waals surface area contributed by atoms with E-state index in [1.54, 1.807) is 0 Å². The largest absolute Gasteiger partial charge is 0.381 e. The van der Waals surface area contributed by atoms with Crippen LogP contribution in [0.2, 0.25) is 0 Å². The molecule has 1 saturated heterocycles. The van der Waals surface area contributed by atoms with Crippen molar-refractivity contribution in [2.24, 2.45) is 17.3 Å². The second-order valence-electron chi connectivity index (χ2n) is 4.68. The summed E-state index contributed by atoms with van der Waals surface area (Å²) in [6, 6.07) is 0. The summed E-state index contributed by atoms with van der Waals surface area (Å²) in [5.74, 6) is 1.68. The van der Waals surface area contributed by atoms with E-state index in [1.165, 1.54) is 6.42 Å². The minimum absolute atomic E-state index is 0.462. The van der Waals surface area contributed by atoms with Gasteiger partial charge in [-0.3, -0.25) is 0 Å². The predicted molar refractivity (Wildman–Crippen MR) is 47.5 cm³/mol. The van der Waals surface area contributed by atoms with Gasteiger partial charge in [-0.1, -0.05) is 34.1 Å². The molecule has 0 saturated carbocycles. The Kier molecular flexibility index (Phi) is 2.58. The molecule has 0 aromatic rings. The van der Waals surface area contributed by atoms with Crippen LogP contribution in [-0.2, 0) is 4.74 Å². The Hall–Kier alpha value is -0.0400. The molecule has 0 N–H and O–H groups in total. The average Bonchev–Trinajstić information content (AvgIpc) is 1.74. The first-order valence-electron chi connectivity index (χ1n) is 4.63. The molecule has 1 fully saturated rings. The van der Waals surface area contributed by atoms with Gasteiger partial charge in [-0.15, -0.1) is 0 Å². The molecule has 0 aromatic carbocycles. The van der Waals surface area contributed by atoms with Crippen LogP contribution in [0.1, 0.15) is 34.1 Å². The van der Waals surface area contributed by atoms with Gasteiger partial charge in [0, 0.05) is 5.92 Å². The Morgan fingerprint density at radius 2 is 1.91 bits per heavy atom. The van der Waals surface area contributed by atoms with Crippen molar-refractivity contribution in [1.82, 2.24) is 0 Å². The first-order valence-corrected chi connectivity index (χ1v) is 4.63. The fourth-order valence-corrected chi connectivity index (χ4v) is 2.14. The minimum Gasteiger partial charge on any atom is -0.381 e. The van der Waals surface area contributed by atoms with Gasteiger partial charge in [0.15, 0.2) is 0 Å². The van der Waals surface area contributed by atoms with Gasteiger partial charge >= 0.3 is 0 Å². The Balaban J connectivity index is 2.48. The molecular formula is C10H20O. The maximum Gasteiger partial charge on any atom is 0.0519 e. The zero-order chi connectivity index (χ0) is 8.48. The van der Waals surface area contributed by atoms with E-state index in [2.05, 4.69) is 27.7 Å². The van der Waals surface area contributed by atoms with Crippen LogP contribution in [0.3, 0.4) is 0 Å². The molecule has 0 aromatic heterocycles. The molecule has 1 heteroatoms. The van der Waals surface area contributed by atoms with Crippen LogP contribution in [-0.4, -0.2) is 13.2 Å². The van der Waals surface area contributed by atoms with E-state index in [9.17, 15) is 0 Å². The first-order chi connectivity index (χ1) is 5.05. The summed E-state index contributed by atoms with van der Waals surface area (Å²) >= 11 is 0. The van der Waals surface area contributed by atoms with Crippen LogP contribution < -0.4 is 0 Å². The normalized spacial score (nSPS) is 22.9. The second kappa shape index (κ2) is 3.14. The van der Waals surface area contributed by atoms with Crippen molar-refractivity contribution in [1.29, 1.82) is 0 Å². The number of hydrogen-bond donors (Lipinski definition) is 0. The summed E-state index contributed by atoms with van der Waals surface area (Å²) in [7, 11) is 0.